The number of carbonyl (C=O) groups excluding carboxylic acids is 2. The Morgan fingerprint density at radius 2 is 1.78 bits per heavy atom. The number of anilines is 1. The van der Waals surface area contributed by atoms with Crippen LogP contribution in [-0.4, -0.2) is 34.8 Å². The molecule has 0 aliphatic rings. The summed E-state index contributed by atoms with van der Waals surface area (Å²) in [5.41, 5.74) is 5.45. The Morgan fingerprint density at radius 3 is 2.22 bits per heavy atom. The van der Waals surface area contributed by atoms with Crippen LogP contribution >= 0.6 is 0 Å². The number of primary amides is 1. The van der Waals surface area contributed by atoms with Crippen molar-refractivity contribution in [2.75, 3.05) is 5.32 Å². The first-order chi connectivity index (χ1) is 10.6. The number of hydrogen-bond acceptors (Lipinski definition) is 4. The van der Waals surface area contributed by atoms with Gasteiger partial charge in [0.1, 0.15) is 11.6 Å². The minimum atomic E-state index is -1.17. The van der Waals surface area contributed by atoms with Gasteiger partial charge in [0.15, 0.2) is 0 Å². The molecule has 1 atom stereocenters. The Kier molecular flexibility index (Phi) is 5.94. The van der Waals surface area contributed by atoms with Crippen LogP contribution in [-0.2, 0) is 16.0 Å². The Morgan fingerprint density at radius 1 is 1.22 bits per heavy atom. The molecule has 0 unspecified atom stereocenters. The minimum absolute atomic E-state index is 0.0748. The molecule has 0 saturated heterocycles. The minimum Gasteiger partial charge on any atom is -0.480 e. The second kappa shape index (κ2) is 7.48. The number of benzene rings is 1. The number of ether oxygens (including phenoxy) is 1. The maximum atomic E-state index is 11.7. The topological polar surface area (TPSA) is 131 Å². The van der Waals surface area contributed by atoms with Crippen molar-refractivity contribution in [2.45, 2.75) is 38.8 Å². The molecular weight excluding hydrogens is 302 g/mol. The van der Waals surface area contributed by atoms with E-state index in [1.54, 1.807) is 45.0 Å². The van der Waals surface area contributed by atoms with Gasteiger partial charge in [-0.25, -0.2) is 14.4 Å². The summed E-state index contributed by atoms with van der Waals surface area (Å²) < 4.78 is 5.04. The van der Waals surface area contributed by atoms with E-state index in [0.717, 1.165) is 0 Å². The van der Waals surface area contributed by atoms with Crippen LogP contribution in [0.1, 0.15) is 26.3 Å². The van der Waals surface area contributed by atoms with Crippen molar-refractivity contribution in [2.24, 2.45) is 5.73 Å². The number of amides is 3. The number of carbonyl (C=O) groups is 3. The summed E-state index contributed by atoms with van der Waals surface area (Å²) in [6.45, 7) is 5.06. The van der Waals surface area contributed by atoms with Crippen molar-refractivity contribution in [3.63, 3.8) is 0 Å². The van der Waals surface area contributed by atoms with Gasteiger partial charge in [-0.05, 0) is 38.5 Å². The number of urea groups is 1. The quantitative estimate of drug-likeness (QED) is 0.655. The number of rotatable bonds is 5. The van der Waals surface area contributed by atoms with Gasteiger partial charge in [0, 0.05) is 12.1 Å². The van der Waals surface area contributed by atoms with E-state index in [4.69, 9.17) is 10.5 Å². The first-order valence-electron chi connectivity index (χ1n) is 6.94. The first-order valence-corrected chi connectivity index (χ1v) is 6.94. The van der Waals surface area contributed by atoms with Gasteiger partial charge in [-0.15, -0.1) is 0 Å². The molecule has 0 aliphatic heterocycles. The summed E-state index contributed by atoms with van der Waals surface area (Å²) in [7, 11) is 0. The monoisotopic (exact) mass is 323 g/mol. The van der Waals surface area contributed by atoms with E-state index < -0.39 is 29.7 Å². The van der Waals surface area contributed by atoms with E-state index in [-0.39, 0.29) is 6.42 Å². The molecular formula is C15H21N3O5. The zero-order chi connectivity index (χ0) is 17.6. The van der Waals surface area contributed by atoms with Gasteiger partial charge in [0.05, 0.1) is 0 Å². The summed E-state index contributed by atoms with van der Waals surface area (Å²) in [6, 6.07) is 4.64. The van der Waals surface area contributed by atoms with Gasteiger partial charge in [-0.1, -0.05) is 12.1 Å². The number of alkyl carbamates (subject to hydrolysis) is 1. The van der Waals surface area contributed by atoms with Crippen molar-refractivity contribution in [1.82, 2.24) is 5.32 Å². The van der Waals surface area contributed by atoms with Crippen molar-refractivity contribution in [3.8, 4) is 0 Å². The normalized spacial score (nSPS) is 12.1. The summed E-state index contributed by atoms with van der Waals surface area (Å²) in [4.78, 5) is 33.7. The Hall–Kier alpha value is -2.77. The van der Waals surface area contributed by atoms with Crippen LogP contribution in [0.25, 0.3) is 0 Å². The molecule has 23 heavy (non-hydrogen) atoms. The van der Waals surface area contributed by atoms with Crippen molar-refractivity contribution in [3.05, 3.63) is 29.8 Å². The maximum absolute atomic E-state index is 11.7. The molecule has 0 spiro atoms. The first kappa shape index (κ1) is 18.3. The number of nitrogens with two attached hydrogens (primary N) is 1. The summed E-state index contributed by atoms with van der Waals surface area (Å²) in [5, 5.41) is 13.9. The lowest BCUT2D eigenvalue weighted by Gasteiger charge is -2.22. The molecule has 0 saturated carbocycles. The van der Waals surface area contributed by atoms with E-state index in [0.29, 0.717) is 11.3 Å². The largest absolute Gasteiger partial charge is 0.480 e. The number of carboxylic acids is 1. The van der Waals surface area contributed by atoms with Crippen LogP contribution in [0.4, 0.5) is 15.3 Å². The van der Waals surface area contributed by atoms with Gasteiger partial charge in [-0.3, -0.25) is 0 Å². The van der Waals surface area contributed by atoms with E-state index in [1.807, 2.05) is 0 Å². The molecule has 1 aromatic rings. The second-order valence-electron chi connectivity index (χ2n) is 5.93. The molecule has 8 nitrogen and oxygen atoms in total. The predicted octanol–water partition coefficient (Wildman–Crippen LogP) is 1.70. The van der Waals surface area contributed by atoms with Gasteiger partial charge in [0.25, 0.3) is 0 Å². The fourth-order valence-corrected chi connectivity index (χ4v) is 1.75. The number of aliphatic carboxylic acids is 1. The van der Waals surface area contributed by atoms with Gasteiger partial charge >= 0.3 is 18.1 Å². The second-order valence-corrected chi connectivity index (χ2v) is 5.93. The highest BCUT2D eigenvalue weighted by atomic mass is 16.6. The molecule has 0 heterocycles. The SMILES string of the molecule is CC(C)(C)OC(=O)N[C@H](Cc1ccc(NC(N)=O)cc1)C(=O)O. The number of hydrogen-bond donors (Lipinski definition) is 4. The molecule has 5 N–H and O–H groups in total. The molecule has 8 heteroatoms. The van der Waals surface area contributed by atoms with E-state index in [9.17, 15) is 19.5 Å². The molecule has 126 valence electrons. The molecule has 0 aromatic heterocycles. The zero-order valence-corrected chi connectivity index (χ0v) is 13.3. The highest BCUT2D eigenvalue weighted by Gasteiger charge is 2.24. The average molecular weight is 323 g/mol. The summed E-state index contributed by atoms with van der Waals surface area (Å²) >= 11 is 0. The molecule has 0 fully saturated rings. The van der Waals surface area contributed by atoms with Crippen molar-refractivity contribution >= 4 is 23.8 Å². The van der Waals surface area contributed by atoms with Crippen LogP contribution in [0.3, 0.4) is 0 Å². The van der Waals surface area contributed by atoms with Crippen LogP contribution in [0.15, 0.2) is 24.3 Å². The zero-order valence-electron chi connectivity index (χ0n) is 13.3. The highest BCUT2D eigenvalue weighted by molar-refractivity contribution is 5.87. The van der Waals surface area contributed by atoms with Crippen LogP contribution in [0.5, 0.6) is 0 Å². The van der Waals surface area contributed by atoms with Crippen LogP contribution in [0.2, 0.25) is 0 Å². The van der Waals surface area contributed by atoms with Gasteiger partial charge in [-0.2, -0.15) is 0 Å². The third-order valence-corrected chi connectivity index (χ3v) is 2.65. The number of carboxylic acid groups (broad SMARTS) is 1. The third-order valence-electron chi connectivity index (χ3n) is 2.65. The third kappa shape index (κ3) is 7.16. The number of nitrogens with one attached hydrogen (secondary N) is 2. The van der Waals surface area contributed by atoms with Crippen LogP contribution < -0.4 is 16.4 Å². The van der Waals surface area contributed by atoms with E-state index in [2.05, 4.69) is 10.6 Å². The lowest BCUT2D eigenvalue weighted by atomic mass is 10.1. The molecule has 0 radical (unpaired) electrons. The van der Waals surface area contributed by atoms with E-state index >= 15 is 0 Å². The fourth-order valence-electron chi connectivity index (χ4n) is 1.75. The molecule has 3 amide bonds. The lowest BCUT2D eigenvalue weighted by Crippen LogP contribution is -2.44. The Bertz CT molecular complexity index is 578. The highest BCUT2D eigenvalue weighted by Crippen LogP contribution is 2.12. The molecule has 0 bridgehead atoms. The average Bonchev–Trinajstić information content (AvgIpc) is 2.37. The van der Waals surface area contributed by atoms with Gasteiger partial charge in [0.2, 0.25) is 0 Å². The van der Waals surface area contributed by atoms with Crippen LogP contribution in [0, 0.1) is 0 Å². The molecule has 1 aromatic carbocycles. The maximum Gasteiger partial charge on any atom is 0.408 e. The standard InChI is InChI=1S/C15H21N3O5/c1-15(2,3)23-14(22)18-11(12(19)20)8-9-4-6-10(7-5-9)17-13(16)21/h4-7,11H,8H2,1-3H3,(H,18,22)(H,19,20)(H3,16,17,21)/t11-/m1/s1. The van der Waals surface area contributed by atoms with Crippen molar-refractivity contribution < 1.29 is 24.2 Å². The summed E-state index contributed by atoms with van der Waals surface area (Å²) in [6.07, 6.45) is -0.720. The molecule has 0 aliphatic carbocycles. The van der Waals surface area contributed by atoms with Crippen molar-refractivity contribution in [1.29, 1.82) is 0 Å². The predicted molar refractivity (Wildman–Crippen MR) is 84.1 cm³/mol. The Labute approximate surface area is 134 Å². The lowest BCUT2D eigenvalue weighted by molar-refractivity contribution is -0.139. The fraction of sp³-hybridized carbons (Fsp3) is 0.400. The van der Waals surface area contributed by atoms with E-state index in [1.165, 1.54) is 0 Å². The Balaban J connectivity index is 2.71. The van der Waals surface area contributed by atoms with Gasteiger partial charge < -0.3 is 26.2 Å². The smallest absolute Gasteiger partial charge is 0.408 e. The molecule has 1 rings (SSSR count). The summed E-state index contributed by atoms with van der Waals surface area (Å²) in [5.74, 6) is -1.17.